The van der Waals surface area contributed by atoms with Gasteiger partial charge in [-0.1, -0.05) is 137 Å². The van der Waals surface area contributed by atoms with Crippen LogP contribution in [0.3, 0.4) is 0 Å². The van der Waals surface area contributed by atoms with E-state index in [2.05, 4.69) is 207 Å². The molecule has 0 fully saturated rings. The fourth-order valence-electron chi connectivity index (χ4n) is 8.92. The van der Waals surface area contributed by atoms with Crippen molar-refractivity contribution in [1.82, 2.24) is 0 Å². The van der Waals surface area contributed by atoms with Gasteiger partial charge in [0.1, 0.15) is 0 Å². The maximum atomic E-state index is 2.56. The van der Waals surface area contributed by atoms with Crippen molar-refractivity contribution in [2.75, 3.05) is 9.80 Å². The van der Waals surface area contributed by atoms with Crippen molar-refractivity contribution in [3.63, 3.8) is 0 Å². The number of rotatable bonds is 4. The third-order valence-corrected chi connectivity index (χ3v) is 11.7. The van der Waals surface area contributed by atoms with Crippen molar-refractivity contribution in [3.05, 3.63) is 192 Å². The third-order valence-electron chi connectivity index (χ3n) is 11.7. The first-order valence-electron chi connectivity index (χ1n) is 18.4. The Morgan fingerprint density at radius 3 is 1.48 bits per heavy atom. The van der Waals surface area contributed by atoms with Crippen LogP contribution >= 0.6 is 0 Å². The van der Waals surface area contributed by atoms with Crippen LogP contribution in [0, 0.1) is 0 Å². The predicted molar refractivity (Wildman–Crippen MR) is 221 cm³/mol. The van der Waals surface area contributed by atoms with E-state index in [0.29, 0.717) is 0 Å². The number of hydrogen-bond acceptors (Lipinski definition) is 2. The molecule has 0 bridgehead atoms. The van der Waals surface area contributed by atoms with Crippen LogP contribution in [-0.2, 0) is 10.8 Å². The molecule has 0 aromatic heterocycles. The Balaban J connectivity index is 1.23. The second kappa shape index (κ2) is 11.2. The number of hydrogen-bond donors (Lipinski definition) is 0. The molecule has 0 saturated heterocycles. The average Bonchev–Trinajstić information content (AvgIpc) is 3.18. The van der Waals surface area contributed by atoms with Gasteiger partial charge < -0.3 is 9.80 Å². The summed E-state index contributed by atoms with van der Waals surface area (Å²) in [6.07, 6.45) is 0. The van der Waals surface area contributed by atoms with E-state index in [9.17, 15) is 0 Å². The molecule has 0 N–H and O–H groups in total. The minimum absolute atomic E-state index is 0.168. The van der Waals surface area contributed by atoms with Crippen LogP contribution in [0.1, 0.15) is 49.9 Å². The van der Waals surface area contributed by atoms with E-state index >= 15 is 0 Å². The first kappa shape index (κ1) is 30.7. The quantitative estimate of drug-likeness (QED) is 0.184. The Kier molecular flexibility index (Phi) is 6.60. The zero-order valence-corrected chi connectivity index (χ0v) is 30.1. The van der Waals surface area contributed by atoms with Crippen molar-refractivity contribution in [1.29, 1.82) is 0 Å². The topological polar surface area (TPSA) is 6.48 Å². The molecule has 2 heterocycles. The minimum atomic E-state index is -0.280. The van der Waals surface area contributed by atoms with Gasteiger partial charge in [0.2, 0.25) is 0 Å². The van der Waals surface area contributed by atoms with Crippen molar-refractivity contribution in [2.24, 2.45) is 0 Å². The van der Waals surface area contributed by atoms with E-state index in [-0.39, 0.29) is 10.8 Å². The summed E-state index contributed by atoms with van der Waals surface area (Å²) in [5, 5.41) is 4.94. The third kappa shape index (κ3) is 4.50. The molecule has 52 heavy (non-hydrogen) atoms. The van der Waals surface area contributed by atoms with Crippen molar-refractivity contribution in [3.8, 4) is 11.1 Å². The monoisotopic (exact) mass is 668 g/mol. The number of para-hydroxylation sites is 1. The standard InChI is InChI=1S/C50H40N2/c1-49(2)42-20-12-13-21-46(42)52-47-27-26-41(32-43(47)50(3,4)45-31-38(30-44(49)48(45)52)33-14-6-5-7-15-33)51(39-24-22-34-16-8-10-18-36(34)28-39)40-25-23-35-17-9-11-19-37(35)29-40/h5-32H,1-4H3. The molecule has 0 unspecified atom stereocenters. The molecular formula is C50H40N2. The van der Waals surface area contributed by atoms with Gasteiger partial charge in [0, 0.05) is 27.9 Å². The molecule has 2 heteroatoms. The van der Waals surface area contributed by atoms with E-state index in [4.69, 9.17) is 0 Å². The molecule has 2 nitrogen and oxygen atoms in total. The number of fused-ring (bicyclic) bond motifs is 6. The molecule has 0 spiro atoms. The van der Waals surface area contributed by atoms with E-state index in [1.54, 1.807) is 0 Å². The van der Waals surface area contributed by atoms with Crippen LogP contribution in [0.25, 0.3) is 32.7 Å². The van der Waals surface area contributed by atoms with Crippen LogP contribution in [0.2, 0.25) is 0 Å². The Morgan fingerprint density at radius 2 is 0.846 bits per heavy atom. The molecule has 0 radical (unpaired) electrons. The van der Waals surface area contributed by atoms with Crippen LogP contribution in [0.4, 0.5) is 34.1 Å². The highest BCUT2D eigenvalue weighted by atomic mass is 15.2. The van der Waals surface area contributed by atoms with Gasteiger partial charge in [-0.25, -0.2) is 0 Å². The van der Waals surface area contributed by atoms with E-state index < -0.39 is 0 Å². The minimum Gasteiger partial charge on any atom is -0.310 e. The molecule has 0 amide bonds. The largest absolute Gasteiger partial charge is 0.310 e. The van der Waals surface area contributed by atoms with Gasteiger partial charge in [0.05, 0.1) is 17.1 Å². The molecule has 8 aromatic rings. The molecular weight excluding hydrogens is 629 g/mol. The summed E-state index contributed by atoms with van der Waals surface area (Å²) < 4.78 is 0. The average molecular weight is 669 g/mol. The highest BCUT2D eigenvalue weighted by Crippen LogP contribution is 2.61. The normalized spacial score (nSPS) is 14.8. The van der Waals surface area contributed by atoms with E-state index in [1.807, 2.05) is 0 Å². The first-order valence-corrected chi connectivity index (χ1v) is 18.4. The van der Waals surface area contributed by atoms with Crippen LogP contribution in [-0.4, -0.2) is 0 Å². The van der Waals surface area contributed by atoms with Gasteiger partial charge in [-0.05, 0) is 116 Å². The summed E-state index contributed by atoms with van der Waals surface area (Å²) >= 11 is 0. The van der Waals surface area contributed by atoms with Gasteiger partial charge in [-0.15, -0.1) is 0 Å². The summed E-state index contributed by atoms with van der Waals surface area (Å²) in [6.45, 7) is 9.62. The lowest BCUT2D eigenvalue weighted by Crippen LogP contribution is -2.38. The van der Waals surface area contributed by atoms with Crippen LogP contribution < -0.4 is 9.80 Å². The van der Waals surface area contributed by atoms with Gasteiger partial charge in [0.25, 0.3) is 0 Å². The lowest BCUT2D eigenvalue weighted by molar-refractivity contribution is 0.598. The summed E-state index contributed by atoms with van der Waals surface area (Å²) in [7, 11) is 0. The predicted octanol–water partition coefficient (Wildman–Crippen LogP) is 13.9. The van der Waals surface area contributed by atoms with Crippen molar-refractivity contribution in [2.45, 2.75) is 38.5 Å². The van der Waals surface area contributed by atoms with Gasteiger partial charge in [-0.3, -0.25) is 0 Å². The lowest BCUT2D eigenvalue weighted by Gasteiger charge is -2.50. The van der Waals surface area contributed by atoms with Crippen molar-refractivity contribution < 1.29 is 0 Å². The molecule has 250 valence electrons. The highest BCUT2D eigenvalue weighted by Gasteiger charge is 2.46. The molecule has 2 aliphatic heterocycles. The fraction of sp³-hybridized carbons (Fsp3) is 0.120. The second-order valence-corrected chi connectivity index (χ2v) is 15.5. The van der Waals surface area contributed by atoms with Crippen LogP contribution in [0.15, 0.2) is 170 Å². The van der Waals surface area contributed by atoms with Gasteiger partial charge in [0.15, 0.2) is 0 Å². The molecule has 0 saturated carbocycles. The zero-order chi connectivity index (χ0) is 35.2. The summed E-state index contributed by atoms with van der Waals surface area (Å²) in [4.78, 5) is 4.99. The van der Waals surface area contributed by atoms with Gasteiger partial charge in [-0.2, -0.15) is 0 Å². The zero-order valence-electron chi connectivity index (χ0n) is 30.1. The summed E-state index contributed by atoms with van der Waals surface area (Å²) in [5.74, 6) is 0. The SMILES string of the molecule is CC1(C)c2ccccc2N2c3ccc(N(c4ccc5ccccc5c4)c4ccc5ccccc5c4)cc3C(C)(C)c3cc(-c4ccccc4)cc1c32. The van der Waals surface area contributed by atoms with Gasteiger partial charge >= 0.3 is 0 Å². The summed E-state index contributed by atoms with van der Waals surface area (Å²) in [5.41, 5.74) is 14.7. The smallest absolute Gasteiger partial charge is 0.0544 e. The Morgan fingerprint density at radius 1 is 0.365 bits per heavy atom. The molecule has 0 aliphatic carbocycles. The Hall–Kier alpha value is -6.12. The fourth-order valence-corrected chi connectivity index (χ4v) is 8.92. The maximum Gasteiger partial charge on any atom is 0.0544 e. The number of benzene rings is 8. The van der Waals surface area contributed by atoms with E-state index in [0.717, 1.165) is 17.1 Å². The molecule has 10 rings (SSSR count). The molecule has 2 aliphatic rings. The van der Waals surface area contributed by atoms with Crippen molar-refractivity contribution >= 4 is 55.7 Å². The lowest BCUT2D eigenvalue weighted by atomic mass is 9.65. The number of anilines is 6. The Bertz CT molecular complexity index is 2620. The van der Waals surface area contributed by atoms with E-state index in [1.165, 1.54) is 72.0 Å². The molecule has 8 aromatic carbocycles. The first-order chi connectivity index (χ1) is 25.3. The maximum absolute atomic E-state index is 2.56. The van der Waals surface area contributed by atoms with Crippen LogP contribution in [0.5, 0.6) is 0 Å². The highest BCUT2D eigenvalue weighted by molar-refractivity contribution is 5.97. The Labute approximate surface area is 306 Å². The second-order valence-electron chi connectivity index (χ2n) is 15.5. The summed E-state index contributed by atoms with van der Waals surface area (Å²) in [6, 6.07) is 62.9. The molecule has 0 atom stereocenters. The number of nitrogens with zero attached hydrogens (tertiary/aromatic N) is 2.